The number of halogens is 1. The van der Waals surface area contributed by atoms with Crippen LogP contribution < -0.4 is 0 Å². The lowest BCUT2D eigenvalue weighted by atomic mass is 10.2. The van der Waals surface area contributed by atoms with Crippen molar-refractivity contribution >= 4 is 33.0 Å². The Hall–Kier alpha value is -0.190. The number of rotatable bonds is 4. The smallest absolute Gasteiger partial charge is 0.172 e. The fraction of sp³-hybridized carbons (Fsp3) is 0.375. The zero-order valence-corrected chi connectivity index (χ0v) is 8.82. The van der Waals surface area contributed by atoms with Crippen LogP contribution in [0.3, 0.4) is 0 Å². The Labute approximate surface area is 83.4 Å². The number of Topliss-reactive ketones (excluding diaryl/α,β-unsaturated/α-hetero) is 1. The predicted octanol–water partition coefficient (Wildman–Crippen LogP) is 2.47. The maximum atomic E-state index is 11.3. The molecule has 0 saturated carbocycles. The lowest BCUT2D eigenvalue weighted by Gasteiger charge is -1.93. The van der Waals surface area contributed by atoms with Crippen molar-refractivity contribution in [2.24, 2.45) is 0 Å². The lowest BCUT2D eigenvalue weighted by Crippen LogP contribution is -1.96. The molecule has 66 valence electrons. The molecule has 0 fully saturated rings. The number of carbonyl (C=O) groups excluding carboxylic acids is 1. The summed E-state index contributed by atoms with van der Waals surface area (Å²) in [6.07, 6.45) is 0.984. The van der Waals surface area contributed by atoms with Gasteiger partial charge in [-0.2, -0.15) is 0 Å². The van der Waals surface area contributed by atoms with Gasteiger partial charge in [0.05, 0.1) is 8.66 Å². The summed E-state index contributed by atoms with van der Waals surface area (Å²) >= 11 is 4.72. The van der Waals surface area contributed by atoms with Crippen molar-refractivity contribution in [2.75, 3.05) is 6.61 Å². The van der Waals surface area contributed by atoms with Crippen LogP contribution in [0, 0.1) is 0 Å². The van der Waals surface area contributed by atoms with Crippen LogP contribution in [0.2, 0.25) is 0 Å². The third-order valence-electron chi connectivity index (χ3n) is 1.41. The molecule has 0 bridgehead atoms. The van der Waals surface area contributed by atoms with E-state index in [-0.39, 0.29) is 12.4 Å². The Bertz CT molecular complexity index is 270. The van der Waals surface area contributed by atoms with Crippen molar-refractivity contribution in [3.63, 3.8) is 0 Å². The molecule has 0 aromatic carbocycles. The van der Waals surface area contributed by atoms with E-state index in [2.05, 4.69) is 15.9 Å². The van der Waals surface area contributed by atoms with Gasteiger partial charge in [0.25, 0.3) is 0 Å². The quantitative estimate of drug-likeness (QED) is 0.832. The number of carbonyl (C=O) groups is 1. The fourth-order valence-electron chi connectivity index (χ4n) is 0.827. The largest absolute Gasteiger partial charge is 0.396 e. The zero-order valence-electron chi connectivity index (χ0n) is 6.42. The molecule has 0 atom stereocenters. The third-order valence-corrected chi connectivity index (χ3v) is 3.07. The van der Waals surface area contributed by atoms with Crippen molar-refractivity contribution in [1.29, 1.82) is 0 Å². The molecule has 0 radical (unpaired) electrons. The van der Waals surface area contributed by atoms with Gasteiger partial charge in [0.15, 0.2) is 5.78 Å². The van der Waals surface area contributed by atoms with Crippen LogP contribution in [-0.4, -0.2) is 17.5 Å². The Morgan fingerprint density at radius 3 is 2.83 bits per heavy atom. The van der Waals surface area contributed by atoms with E-state index in [1.54, 1.807) is 6.07 Å². The number of aliphatic hydroxyl groups excluding tert-OH is 1. The van der Waals surface area contributed by atoms with Crippen LogP contribution in [0.5, 0.6) is 0 Å². The molecule has 2 nitrogen and oxygen atoms in total. The minimum atomic E-state index is 0.0816. The van der Waals surface area contributed by atoms with Crippen molar-refractivity contribution in [3.05, 3.63) is 20.8 Å². The van der Waals surface area contributed by atoms with Gasteiger partial charge >= 0.3 is 0 Å². The standard InChI is InChI=1S/C8H9BrO2S/c9-8-4-3-7(12-8)6(11)2-1-5-10/h3-4,10H,1-2,5H2. The second kappa shape index (κ2) is 4.74. The average molecular weight is 249 g/mol. The molecule has 1 heterocycles. The summed E-state index contributed by atoms with van der Waals surface area (Å²) in [5, 5.41) is 8.51. The molecule has 0 saturated heterocycles. The molecule has 0 aliphatic rings. The predicted molar refractivity (Wildman–Crippen MR) is 52.7 cm³/mol. The molecule has 0 spiro atoms. The summed E-state index contributed by atoms with van der Waals surface area (Å²) in [6, 6.07) is 3.66. The van der Waals surface area contributed by atoms with Crippen LogP contribution in [0.15, 0.2) is 15.9 Å². The highest BCUT2D eigenvalue weighted by molar-refractivity contribution is 9.11. The van der Waals surface area contributed by atoms with Crippen LogP contribution >= 0.6 is 27.3 Å². The van der Waals surface area contributed by atoms with Crippen molar-refractivity contribution in [2.45, 2.75) is 12.8 Å². The molecule has 1 aromatic heterocycles. The Balaban J connectivity index is 2.53. The van der Waals surface area contributed by atoms with E-state index in [4.69, 9.17) is 5.11 Å². The topological polar surface area (TPSA) is 37.3 Å². The minimum Gasteiger partial charge on any atom is -0.396 e. The summed E-state index contributed by atoms with van der Waals surface area (Å²) in [5.41, 5.74) is 0. The molecule has 12 heavy (non-hydrogen) atoms. The van der Waals surface area contributed by atoms with E-state index in [0.717, 1.165) is 8.66 Å². The van der Waals surface area contributed by atoms with E-state index < -0.39 is 0 Å². The maximum absolute atomic E-state index is 11.3. The number of hydrogen-bond donors (Lipinski definition) is 1. The summed E-state index contributed by atoms with van der Waals surface area (Å²) in [6.45, 7) is 0.0816. The fourth-order valence-corrected chi connectivity index (χ4v) is 2.18. The monoisotopic (exact) mass is 248 g/mol. The highest BCUT2D eigenvalue weighted by Crippen LogP contribution is 2.23. The molecule has 1 N–H and O–H groups in total. The number of ketones is 1. The van der Waals surface area contributed by atoms with E-state index in [9.17, 15) is 4.79 Å². The highest BCUT2D eigenvalue weighted by atomic mass is 79.9. The van der Waals surface area contributed by atoms with Crippen LogP contribution in [0.1, 0.15) is 22.5 Å². The zero-order chi connectivity index (χ0) is 8.97. The van der Waals surface area contributed by atoms with Crippen molar-refractivity contribution < 1.29 is 9.90 Å². The molecule has 0 amide bonds. The van der Waals surface area contributed by atoms with Gasteiger partial charge in [-0.1, -0.05) is 0 Å². The summed E-state index contributed by atoms with van der Waals surface area (Å²) in [4.78, 5) is 12.1. The Kier molecular flexibility index (Phi) is 3.91. The first-order chi connectivity index (χ1) is 5.74. The molecule has 0 unspecified atom stereocenters. The van der Waals surface area contributed by atoms with Gasteiger partial charge < -0.3 is 5.11 Å². The number of hydrogen-bond acceptors (Lipinski definition) is 3. The first-order valence-electron chi connectivity index (χ1n) is 3.63. The van der Waals surface area contributed by atoms with Gasteiger partial charge in [-0.15, -0.1) is 11.3 Å². The van der Waals surface area contributed by atoms with E-state index in [1.165, 1.54) is 11.3 Å². The number of thiophene rings is 1. The molecule has 0 aliphatic carbocycles. The summed E-state index contributed by atoms with van der Waals surface area (Å²) in [7, 11) is 0. The molecular formula is C8H9BrO2S. The minimum absolute atomic E-state index is 0.0816. The Morgan fingerprint density at radius 1 is 1.58 bits per heavy atom. The maximum Gasteiger partial charge on any atom is 0.172 e. The molecule has 4 heteroatoms. The van der Waals surface area contributed by atoms with E-state index in [0.29, 0.717) is 12.8 Å². The van der Waals surface area contributed by atoms with Crippen LogP contribution in [-0.2, 0) is 0 Å². The molecular weight excluding hydrogens is 240 g/mol. The number of aliphatic hydroxyl groups is 1. The first kappa shape index (κ1) is 9.89. The van der Waals surface area contributed by atoms with Crippen LogP contribution in [0.25, 0.3) is 0 Å². The summed E-state index contributed by atoms with van der Waals surface area (Å²) < 4.78 is 0.967. The average Bonchev–Trinajstić information content (AvgIpc) is 2.47. The van der Waals surface area contributed by atoms with Gasteiger partial charge in [-0.25, -0.2) is 0 Å². The van der Waals surface area contributed by atoms with Gasteiger partial charge in [-0.05, 0) is 34.5 Å². The first-order valence-corrected chi connectivity index (χ1v) is 5.24. The third kappa shape index (κ3) is 2.69. The van der Waals surface area contributed by atoms with Crippen molar-refractivity contribution in [1.82, 2.24) is 0 Å². The second-order valence-electron chi connectivity index (χ2n) is 2.35. The van der Waals surface area contributed by atoms with E-state index >= 15 is 0 Å². The van der Waals surface area contributed by atoms with Gasteiger partial charge in [-0.3, -0.25) is 4.79 Å². The normalized spacial score (nSPS) is 10.2. The molecule has 1 aromatic rings. The van der Waals surface area contributed by atoms with Gasteiger partial charge in [0.2, 0.25) is 0 Å². The van der Waals surface area contributed by atoms with Gasteiger partial charge in [0, 0.05) is 13.0 Å². The Morgan fingerprint density at radius 2 is 2.33 bits per heavy atom. The van der Waals surface area contributed by atoms with Crippen LogP contribution in [0.4, 0.5) is 0 Å². The van der Waals surface area contributed by atoms with E-state index in [1.807, 2.05) is 6.07 Å². The molecule has 1 rings (SSSR count). The molecule has 0 aliphatic heterocycles. The lowest BCUT2D eigenvalue weighted by molar-refractivity contribution is 0.0975. The SMILES string of the molecule is O=C(CCCO)c1ccc(Br)s1. The second-order valence-corrected chi connectivity index (χ2v) is 4.82. The van der Waals surface area contributed by atoms with Gasteiger partial charge in [0.1, 0.15) is 0 Å². The summed E-state index contributed by atoms with van der Waals surface area (Å²) in [5.74, 6) is 0.111. The highest BCUT2D eigenvalue weighted by Gasteiger charge is 2.07. The van der Waals surface area contributed by atoms with Crippen molar-refractivity contribution in [3.8, 4) is 0 Å².